The van der Waals surface area contributed by atoms with E-state index in [1.54, 1.807) is 0 Å². The topological polar surface area (TPSA) is 101 Å². The number of hydrazone groups is 1. The van der Waals surface area contributed by atoms with Gasteiger partial charge < -0.3 is 10.4 Å². The molecule has 1 atom stereocenters. The zero-order valence-electron chi connectivity index (χ0n) is 10.4. The average molecular weight is 273 g/mol. The van der Waals surface area contributed by atoms with Gasteiger partial charge in [0, 0.05) is 6.42 Å². The monoisotopic (exact) mass is 273 g/mol. The van der Waals surface area contributed by atoms with Gasteiger partial charge in [-0.25, -0.2) is 0 Å². The van der Waals surface area contributed by atoms with Crippen LogP contribution in [0.3, 0.4) is 0 Å². The standard InChI is InChI=1S/C12H11N5O3/c18-15-9-6-7-10-12(16-20-17(10)19)11(9)14-13-8-4-2-1-3-5-8/h1-5,10,13H,6-7H2/b14-11+,15-9+. The van der Waals surface area contributed by atoms with Crippen molar-refractivity contribution < 1.29 is 9.86 Å². The summed E-state index contributed by atoms with van der Waals surface area (Å²) in [6.07, 6.45) is 0.804. The van der Waals surface area contributed by atoms with Crippen LogP contribution in [0.5, 0.6) is 0 Å². The highest BCUT2D eigenvalue weighted by molar-refractivity contribution is 6.70. The van der Waals surface area contributed by atoms with Gasteiger partial charge in [0.15, 0.2) is 15.8 Å². The van der Waals surface area contributed by atoms with Gasteiger partial charge >= 0.3 is 0 Å². The summed E-state index contributed by atoms with van der Waals surface area (Å²) in [6.45, 7) is 0. The summed E-state index contributed by atoms with van der Waals surface area (Å²) in [5.74, 6) is 0. The molecule has 1 unspecified atom stereocenters. The molecule has 1 fully saturated rings. The number of fused-ring (bicyclic) bond motifs is 1. The zero-order valence-corrected chi connectivity index (χ0v) is 10.4. The fourth-order valence-corrected chi connectivity index (χ4v) is 2.13. The van der Waals surface area contributed by atoms with E-state index in [1.165, 1.54) is 0 Å². The third-order valence-electron chi connectivity index (χ3n) is 3.14. The van der Waals surface area contributed by atoms with E-state index in [4.69, 9.17) is 0 Å². The zero-order chi connectivity index (χ0) is 13.9. The molecule has 8 nitrogen and oxygen atoms in total. The van der Waals surface area contributed by atoms with Crippen molar-refractivity contribution in [1.29, 1.82) is 0 Å². The van der Waals surface area contributed by atoms with Crippen LogP contribution in [0.1, 0.15) is 12.8 Å². The lowest BCUT2D eigenvalue weighted by Gasteiger charge is -2.16. The third kappa shape index (κ3) is 2.11. The highest BCUT2D eigenvalue weighted by Crippen LogP contribution is 2.21. The van der Waals surface area contributed by atoms with Gasteiger partial charge in [0.2, 0.25) is 0 Å². The SMILES string of the molecule is O=[N+]1ON=C2C(=N/Nc3ccccc3)/C(=N/[O-])CCC21. The third-order valence-corrected chi connectivity index (χ3v) is 3.14. The van der Waals surface area contributed by atoms with Gasteiger partial charge in [0.1, 0.15) is 0 Å². The number of hydrogen-bond donors (Lipinski definition) is 1. The largest absolute Gasteiger partial charge is 0.792 e. The highest BCUT2D eigenvalue weighted by Gasteiger charge is 2.48. The van der Waals surface area contributed by atoms with E-state index in [1.807, 2.05) is 30.3 Å². The molecule has 3 rings (SSSR count). The first-order valence-corrected chi connectivity index (χ1v) is 6.09. The van der Waals surface area contributed by atoms with Crippen LogP contribution in [0.4, 0.5) is 5.69 Å². The lowest BCUT2D eigenvalue weighted by molar-refractivity contribution is -0.808. The molecule has 1 aliphatic heterocycles. The number of nitrogens with one attached hydrogen (secondary N) is 1. The molecule has 0 radical (unpaired) electrons. The molecule has 102 valence electrons. The van der Waals surface area contributed by atoms with E-state index < -0.39 is 6.04 Å². The van der Waals surface area contributed by atoms with E-state index >= 15 is 0 Å². The molecule has 0 amide bonds. The Balaban J connectivity index is 1.89. The number of hydrogen-bond acceptors (Lipinski definition) is 7. The maximum atomic E-state index is 11.4. The number of rotatable bonds is 2. The lowest BCUT2D eigenvalue weighted by atomic mass is 9.90. The molecule has 1 heterocycles. The maximum Gasteiger partial charge on any atom is 0.282 e. The number of nitrogens with zero attached hydrogens (tertiary/aromatic N) is 4. The fourth-order valence-electron chi connectivity index (χ4n) is 2.13. The quantitative estimate of drug-likeness (QED) is 0.827. The minimum Gasteiger partial charge on any atom is -0.792 e. The first kappa shape index (κ1) is 12.3. The minimum absolute atomic E-state index is 0.266. The first-order chi connectivity index (χ1) is 9.79. The van der Waals surface area contributed by atoms with Crippen molar-refractivity contribution >= 4 is 22.8 Å². The molecule has 1 aromatic carbocycles. The summed E-state index contributed by atoms with van der Waals surface area (Å²) in [5.41, 5.74) is 4.45. The Kier molecular flexibility index (Phi) is 3.12. The van der Waals surface area contributed by atoms with E-state index in [0.717, 1.165) is 5.69 Å². The molecule has 0 bridgehead atoms. The molecule has 2 aliphatic rings. The van der Waals surface area contributed by atoms with Crippen molar-refractivity contribution in [2.75, 3.05) is 5.43 Å². The van der Waals surface area contributed by atoms with Crippen LogP contribution >= 0.6 is 0 Å². The molecular formula is C12H11N5O3. The van der Waals surface area contributed by atoms with E-state index in [-0.39, 0.29) is 11.4 Å². The average Bonchev–Trinajstić information content (AvgIpc) is 2.87. The van der Waals surface area contributed by atoms with Crippen LogP contribution < -0.4 is 5.43 Å². The van der Waals surface area contributed by atoms with Gasteiger partial charge in [-0.3, -0.25) is 5.43 Å². The predicted octanol–water partition coefficient (Wildman–Crippen LogP) is 1.64. The summed E-state index contributed by atoms with van der Waals surface area (Å²) < 4.78 is 0. The van der Waals surface area contributed by atoms with Crippen LogP contribution in [-0.2, 0) is 4.94 Å². The van der Waals surface area contributed by atoms with E-state index in [0.29, 0.717) is 23.5 Å². The number of para-hydroxylation sites is 1. The molecule has 0 spiro atoms. The van der Waals surface area contributed by atoms with Crippen molar-refractivity contribution in [1.82, 2.24) is 0 Å². The maximum absolute atomic E-state index is 11.4. The second kappa shape index (κ2) is 5.08. The second-order valence-electron chi connectivity index (χ2n) is 4.37. The summed E-state index contributed by atoms with van der Waals surface area (Å²) in [7, 11) is 0. The van der Waals surface area contributed by atoms with Crippen LogP contribution in [-0.4, -0.2) is 28.1 Å². The Morgan fingerprint density at radius 3 is 2.95 bits per heavy atom. The smallest absolute Gasteiger partial charge is 0.282 e. The van der Waals surface area contributed by atoms with Crippen LogP contribution in [0.2, 0.25) is 0 Å². The summed E-state index contributed by atoms with van der Waals surface area (Å²) in [5, 5.41) is 21.6. The normalized spacial score (nSPS) is 25.3. The number of anilines is 1. The van der Waals surface area contributed by atoms with Crippen molar-refractivity contribution in [3.63, 3.8) is 0 Å². The van der Waals surface area contributed by atoms with Gasteiger partial charge in [-0.05, 0) is 28.4 Å². The van der Waals surface area contributed by atoms with Crippen molar-refractivity contribution in [2.45, 2.75) is 18.9 Å². The van der Waals surface area contributed by atoms with Gasteiger partial charge in [-0.1, -0.05) is 18.2 Å². The Labute approximate surface area is 113 Å². The van der Waals surface area contributed by atoms with Crippen molar-refractivity contribution in [2.24, 2.45) is 15.4 Å². The Hall–Kier alpha value is -2.77. The van der Waals surface area contributed by atoms with Crippen LogP contribution in [0.15, 0.2) is 45.7 Å². The molecule has 1 aromatic rings. The summed E-state index contributed by atoms with van der Waals surface area (Å²) in [6, 6.07) is 8.70. The molecule has 20 heavy (non-hydrogen) atoms. The van der Waals surface area contributed by atoms with Crippen LogP contribution in [0, 0.1) is 10.1 Å². The Morgan fingerprint density at radius 1 is 1.40 bits per heavy atom. The summed E-state index contributed by atoms with van der Waals surface area (Å²) >= 11 is 0. The molecule has 1 saturated carbocycles. The minimum atomic E-state index is -0.531. The summed E-state index contributed by atoms with van der Waals surface area (Å²) in [4.78, 5) is 16.4. The Morgan fingerprint density at radius 2 is 2.20 bits per heavy atom. The fraction of sp³-hybridized carbons (Fsp3) is 0.250. The van der Waals surface area contributed by atoms with Crippen LogP contribution in [0.25, 0.3) is 0 Å². The predicted molar refractivity (Wildman–Crippen MR) is 73.5 cm³/mol. The van der Waals surface area contributed by atoms with E-state index in [2.05, 4.69) is 25.8 Å². The van der Waals surface area contributed by atoms with E-state index in [9.17, 15) is 10.1 Å². The van der Waals surface area contributed by atoms with Gasteiger partial charge in [0.25, 0.3) is 11.8 Å². The lowest BCUT2D eigenvalue weighted by Crippen LogP contribution is -2.41. The van der Waals surface area contributed by atoms with Crippen molar-refractivity contribution in [3.05, 3.63) is 40.4 Å². The molecule has 0 saturated heterocycles. The highest BCUT2D eigenvalue weighted by atomic mass is 16.9. The molecule has 8 heteroatoms. The number of benzene rings is 1. The molecule has 0 aromatic heterocycles. The molecular weight excluding hydrogens is 262 g/mol. The Bertz CT molecular complexity index is 623. The van der Waals surface area contributed by atoms with Gasteiger partial charge in [-0.15, -0.1) is 0 Å². The second-order valence-corrected chi connectivity index (χ2v) is 4.37. The first-order valence-electron chi connectivity index (χ1n) is 6.09. The molecule has 1 N–H and O–H groups in total. The van der Waals surface area contributed by atoms with Crippen molar-refractivity contribution in [3.8, 4) is 0 Å². The van der Waals surface area contributed by atoms with Gasteiger partial charge in [-0.2, -0.15) is 5.10 Å². The van der Waals surface area contributed by atoms with Gasteiger partial charge in [0.05, 0.1) is 11.4 Å². The molecule has 1 aliphatic carbocycles. The number of oxime groups is 1.